The van der Waals surface area contributed by atoms with Gasteiger partial charge in [-0.3, -0.25) is 4.18 Å². The van der Waals surface area contributed by atoms with Crippen LogP contribution in [-0.4, -0.2) is 128 Å². The normalized spacial score (nSPS) is 11.8. The van der Waals surface area contributed by atoms with Gasteiger partial charge in [0.1, 0.15) is 17.3 Å². The van der Waals surface area contributed by atoms with Gasteiger partial charge < -0.3 is 42.6 Å². The summed E-state index contributed by atoms with van der Waals surface area (Å²) in [4.78, 5) is 0.00879. The van der Waals surface area contributed by atoms with Crippen molar-refractivity contribution in [3.63, 3.8) is 0 Å². The van der Waals surface area contributed by atoms with Crippen LogP contribution in [0, 0.1) is 6.92 Å². The average molecular weight is 583 g/mol. The van der Waals surface area contributed by atoms with Crippen LogP contribution in [0.15, 0.2) is 23.1 Å². The Kier molecular flexibility index (Phi) is 22.3. The molecule has 0 aromatic heterocycles. The van der Waals surface area contributed by atoms with Crippen molar-refractivity contribution in [2.24, 2.45) is 0 Å². The lowest BCUT2D eigenvalue weighted by Crippen LogP contribution is -2.15. The van der Waals surface area contributed by atoms with Gasteiger partial charge in [0.2, 0.25) is 0 Å². The maximum atomic E-state index is 12.2. The molecule has 0 radical (unpaired) electrons. The van der Waals surface area contributed by atoms with Crippen LogP contribution in [0.3, 0.4) is 0 Å². The van der Waals surface area contributed by atoms with Gasteiger partial charge in [-0.1, -0.05) is 6.07 Å². The quantitative estimate of drug-likeness (QED) is 0.106. The Bertz CT molecular complexity index is 806. The summed E-state index contributed by atoms with van der Waals surface area (Å²) in [6.07, 6.45) is 0. The summed E-state index contributed by atoms with van der Waals surface area (Å²) in [5.74, 6) is 0.248. The zero-order chi connectivity index (χ0) is 28.4. The summed E-state index contributed by atoms with van der Waals surface area (Å²) >= 11 is 0. The molecule has 0 amide bonds. The second-order valence-electron chi connectivity index (χ2n) is 7.94. The van der Waals surface area contributed by atoms with Gasteiger partial charge in [0.25, 0.3) is 0 Å². The number of ether oxygens (including phenoxy) is 9. The third-order valence-corrected chi connectivity index (χ3v) is 6.21. The van der Waals surface area contributed by atoms with E-state index < -0.39 is 10.1 Å². The lowest BCUT2D eigenvalue weighted by atomic mass is 10.2. The van der Waals surface area contributed by atoms with Gasteiger partial charge >= 0.3 is 10.1 Å². The van der Waals surface area contributed by atoms with Gasteiger partial charge in [0.05, 0.1) is 106 Å². The minimum absolute atomic E-state index is 0.00879. The third kappa shape index (κ3) is 19.3. The summed E-state index contributed by atoms with van der Waals surface area (Å²) in [6, 6.07) is 4.84. The number of aryl methyl sites for hydroxylation is 1. The predicted molar refractivity (Wildman–Crippen MR) is 143 cm³/mol. The number of hydrogen-bond donors (Lipinski definition) is 0. The molecule has 1 aromatic rings. The Morgan fingerprint density at radius 1 is 0.590 bits per heavy atom. The van der Waals surface area contributed by atoms with Crippen molar-refractivity contribution in [2.75, 3.05) is 119 Å². The van der Waals surface area contributed by atoms with Crippen LogP contribution in [0.1, 0.15) is 12.5 Å². The van der Waals surface area contributed by atoms with Crippen molar-refractivity contribution < 1.29 is 55.2 Å². The van der Waals surface area contributed by atoms with E-state index in [2.05, 4.69) is 0 Å². The number of methoxy groups -OCH3 is 1. The third-order valence-electron chi connectivity index (χ3n) is 4.79. The molecule has 1 rings (SSSR count). The Hall–Kier alpha value is -1.39. The highest BCUT2D eigenvalue weighted by atomic mass is 32.2. The van der Waals surface area contributed by atoms with Gasteiger partial charge in [-0.05, 0) is 31.5 Å². The lowest BCUT2D eigenvalue weighted by molar-refractivity contribution is -0.0227. The van der Waals surface area contributed by atoms with E-state index in [1.54, 1.807) is 26.2 Å². The largest absolute Gasteiger partial charge is 0.490 e. The van der Waals surface area contributed by atoms with E-state index in [0.717, 1.165) is 5.56 Å². The molecule has 0 aliphatic rings. The molecule has 228 valence electrons. The Morgan fingerprint density at radius 2 is 0.974 bits per heavy atom. The molecule has 0 unspecified atom stereocenters. The molecule has 0 aliphatic carbocycles. The molecule has 12 nitrogen and oxygen atoms in total. The minimum Gasteiger partial charge on any atom is -0.490 e. The highest BCUT2D eigenvalue weighted by molar-refractivity contribution is 7.86. The van der Waals surface area contributed by atoms with E-state index in [0.29, 0.717) is 99.1 Å². The first kappa shape index (κ1) is 35.6. The van der Waals surface area contributed by atoms with Crippen molar-refractivity contribution in [1.29, 1.82) is 0 Å². The summed E-state index contributed by atoms with van der Waals surface area (Å²) in [6.45, 7) is 10.9. The van der Waals surface area contributed by atoms with E-state index >= 15 is 0 Å². The Labute approximate surface area is 233 Å². The van der Waals surface area contributed by atoms with Crippen LogP contribution in [0.4, 0.5) is 0 Å². The van der Waals surface area contributed by atoms with E-state index in [9.17, 15) is 8.42 Å². The SMILES string of the molecule is CCOS(=O)(=O)c1ccc(C)cc1OCCOCCOCCOCCOCCOCCOCCOCCOC. The zero-order valence-corrected chi connectivity index (χ0v) is 24.4. The monoisotopic (exact) mass is 582 g/mol. The summed E-state index contributed by atoms with van der Waals surface area (Å²) in [7, 11) is -2.22. The van der Waals surface area contributed by atoms with Gasteiger partial charge in [-0.25, -0.2) is 0 Å². The summed E-state index contributed by atoms with van der Waals surface area (Å²) in [5, 5.41) is 0. The first-order valence-electron chi connectivity index (χ1n) is 13.2. The molecule has 0 saturated carbocycles. The number of hydrogen-bond acceptors (Lipinski definition) is 12. The molecule has 1 aromatic carbocycles. The molecular formula is C26H46O12S. The van der Waals surface area contributed by atoms with Gasteiger partial charge in [0, 0.05) is 7.11 Å². The Balaban J connectivity index is 1.87. The smallest absolute Gasteiger partial charge is 0.300 e. The second-order valence-corrected chi connectivity index (χ2v) is 9.52. The summed E-state index contributed by atoms with van der Waals surface area (Å²) in [5.41, 5.74) is 0.881. The molecule has 0 bridgehead atoms. The first-order chi connectivity index (χ1) is 19.0. The van der Waals surface area contributed by atoms with Crippen molar-refractivity contribution >= 4 is 10.1 Å². The van der Waals surface area contributed by atoms with E-state index in [4.69, 9.17) is 46.8 Å². The van der Waals surface area contributed by atoms with Gasteiger partial charge in [-0.2, -0.15) is 8.42 Å². The second kappa shape index (κ2) is 24.4. The van der Waals surface area contributed by atoms with Crippen LogP contribution in [-0.2, 0) is 52.2 Å². The fraction of sp³-hybridized carbons (Fsp3) is 0.769. The highest BCUT2D eigenvalue weighted by Crippen LogP contribution is 2.26. The maximum absolute atomic E-state index is 12.2. The molecule has 0 aliphatic heterocycles. The molecule has 39 heavy (non-hydrogen) atoms. The fourth-order valence-electron chi connectivity index (χ4n) is 2.93. The van der Waals surface area contributed by atoms with Crippen LogP contribution in [0.2, 0.25) is 0 Å². The van der Waals surface area contributed by atoms with Crippen molar-refractivity contribution in [3.8, 4) is 5.75 Å². The molecule has 0 fully saturated rings. The maximum Gasteiger partial charge on any atom is 0.300 e. The number of rotatable bonds is 28. The van der Waals surface area contributed by atoms with Gasteiger partial charge in [0.15, 0.2) is 0 Å². The predicted octanol–water partition coefficient (Wildman–Crippen LogP) is 1.86. The fourth-order valence-corrected chi connectivity index (χ4v) is 3.96. The Morgan fingerprint density at radius 3 is 1.36 bits per heavy atom. The molecular weight excluding hydrogens is 536 g/mol. The van der Waals surface area contributed by atoms with Crippen molar-refractivity contribution in [3.05, 3.63) is 23.8 Å². The zero-order valence-electron chi connectivity index (χ0n) is 23.6. The molecule has 0 atom stereocenters. The van der Waals surface area contributed by atoms with Crippen LogP contribution in [0.5, 0.6) is 5.75 Å². The van der Waals surface area contributed by atoms with Crippen LogP contribution >= 0.6 is 0 Å². The summed E-state index contributed by atoms with van der Waals surface area (Å²) < 4.78 is 77.7. The highest BCUT2D eigenvalue weighted by Gasteiger charge is 2.20. The lowest BCUT2D eigenvalue weighted by Gasteiger charge is -2.13. The molecule has 0 saturated heterocycles. The average Bonchev–Trinajstić information content (AvgIpc) is 2.91. The van der Waals surface area contributed by atoms with E-state index in [1.807, 2.05) is 6.92 Å². The van der Waals surface area contributed by atoms with E-state index in [-0.39, 0.29) is 23.9 Å². The molecule has 13 heteroatoms. The number of benzene rings is 1. The first-order valence-corrected chi connectivity index (χ1v) is 14.6. The standard InChI is InChI=1S/C26H46O12S/c1-4-38-39(27,28)26-6-5-24(2)23-25(26)37-22-21-36-20-19-35-18-17-34-16-15-33-14-13-32-12-11-31-10-9-30-8-7-29-3/h5-6,23H,4,7-22H2,1-3H3. The molecule has 0 heterocycles. The van der Waals surface area contributed by atoms with E-state index in [1.165, 1.54) is 6.07 Å². The molecule has 0 spiro atoms. The van der Waals surface area contributed by atoms with Crippen molar-refractivity contribution in [2.45, 2.75) is 18.7 Å². The minimum atomic E-state index is -3.86. The van der Waals surface area contributed by atoms with Gasteiger partial charge in [-0.15, -0.1) is 0 Å². The van der Waals surface area contributed by atoms with Crippen LogP contribution in [0.25, 0.3) is 0 Å². The topological polar surface area (TPSA) is 126 Å². The van der Waals surface area contributed by atoms with Crippen molar-refractivity contribution in [1.82, 2.24) is 0 Å². The van der Waals surface area contributed by atoms with Crippen LogP contribution < -0.4 is 4.74 Å². The molecule has 0 N–H and O–H groups in total.